The molecular formula is C8H14ClN3O3. The van der Waals surface area contributed by atoms with Gasteiger partial charge in [-0.1, -0.05) is 0 Å². The van der Waals surface area contributed by atoms with Crippen LogP contribution >= 0.6 is 11.6 Å². The molecule has 3 N–H and O–H groups in total. The van der Waals surface area contributed by atoms with Gasteiger partial charge in [-0.25, -0.2) is 0 Å². The Morgan fingerprint density at radius 1 is 1.07 bits per heavy atom. The smallest absolute Gasteiger partial charge is 0.309 e. The lowest BCUT2D eigenvalue weighted by Gasteiger charge is -2.04. The van der Waals surface area contributed by atoms with E-state index in [4.69, 9.17) is 11.6 Å². The SMILES string of the molecule is O=CNCCCNC(=O)C(=O)NCCCl. The second-order valence-electron chi connectivity index (χ2n) is 2.63. The summed E-state index contributed by atoms with van der Waals surface area (Å²) in [5, 5.41) is 7.17. The number of amides is 3. The predicted octanol–water partition coefficient (Wildman–Crippen LogP) is -1.41. The fourth-order valence-corrected chi connectivity index (χ4v) is 0.867. The molecule has 0 atom stereocenters. The van der Waals surface area contributed by atoms with Crippen LogP contribution in [0.1, 0.15) is 6.42 Å². The van der Waals surface area contributed by atoms with Crippen molar-refractivity contribution in [1.29, 1.82) is 0 Å². The second kappa shape index (κ2) is 9.26. The molecule has 0 fully saturated rings. The number of alkyl halides is 1. The minimum atomic E-state index is -0.695. The molecule has 0 aliphatic heterocycles. The van der Waals surface area contributed by atoms with E-state index in [9.17, 15) is 14.4 Å². The Morgan fingerprint density at radius 2 is 1.67 bits per heavy atom. The standard InChI is InChI=1S/C8H14ClN3O3/c9-2-5-12-8(15)7(14)11-4-1-3-10-6-13/h6H,1-5H2,(H,10,13)(H,11,14)(H,12,15). The quantitative estimate of drug-likeness (QED) is 0.219. The highest BCUT2D eigenvalue weighted by Crippen LogP contribution is 1.75. The molecule has 3 amide bonds. The lowest BCUT2D eigenvalue weighted by Crippen LogP contribution is -2.41. The summed E-state index contributed by atoms with van der Waals surface area (Å²) in [4.78, 5) is 31.8. The Bertz CT molecular complexity index is 223. The number of halogens is 1. The number of hydrogen-bond donors (Lipinski definition) is 3. The van der Waals surface area contributed by atoms with E-state index in [-0.39, 0.29) is 12.4 Å². The van der Waals surface area contributed by atoms with Crippen LogP contribution < -0.4 is 16.0 Å². The van der Waals surface area contributed by atoms with Crippen molar-refractivity contribution in [3.8, 4) is 0 Å². The average molecular weight is 236 g/mol. The third-order valence-electron chi connectivity index (χ3n) is 1.45. The normalized spacial score (nSPS) is 9.13. The summed E-state index contributed by atoms with van der Waals surface area (Å²) >= 11 is 5.32. The van der Waals surface area contributed by atoms with Crippen LogP contribution in [0.4, 0.5) is 0 Å². The zero-order valence-corrected chi connectivity index (χ0v) is 8.97. The van der Waals surface area contributed by atoms with Gasteiger partial charge in [-0.05, 0) is 6.42 Å². The Balaban J connectivity index is 3.47. The Morgan fingerprint density at radius 3 is 2.20 bits per heavy atom. The fourth-order valence-electron chi connectivity index (χ4n) is 0.773. The van der Waals surface area contributed by atoms with Gasteiger partial charge in [-0.2, -0.15) is 0 Å². The minimum Gasteiger partial charge on any atom is -0.359 e. The molecule has 0 radical (unpaired) electrons. The first-order chi connectivity index (χ1) is 7.22. The maximum absolute atomic E-state index is 11.0. The van der Waals surface area contributed by atoms with Crippen molar-refractivity contribution in [3.05, 3.63) is 0 Å². The molecule has 7 heteroatoms. The van der Waals surface area contributed by atoms with Crippen molar-refractivity contribution in [2.45, 2.75) is 6.42 Å². The van der Waals surface area contributed by atoms with Gasteiger partial charge in [0.25, 0.3) is 0 Å². The first kappa shape index (κ1) is 13.7. The van der Waals surface area contributed by atoms with Gasteiger partial charge in [0.05, 0.1) is 0 Å². The molecular weight excluding hydrogens is 222 g/mol. The molecule has 15 heavy (non-hydrogen) atoms. The maximum Gasteiger partial charge on any atom is 0.309 e. The summed E-state index contributed by atoms with van der Waals surface area (Å²) in [6, 6.07) is 0. The third-order valence-corrected chi connectivity index (χ3v) is 1.64. The summed E-state index contributed by atoms with van der Waals surface area (Å²) in [6.45, 7) is 1.07. The molecule has 0 aromatic rings. The molecule has 0 bridgehead atoms. The third kappa shape index (κ3) is 7.75. The Kier molecular flexibility index (Phi) is 8.46. The van der Waals surface area contributed by atoms with Crippen LogP contribution in [0, 0.1) is 0 Å². The van der Waals surface area contributed by atoms with Gasteiger partial charge in [-0.3, -0.25) is 14.4 Å². The highest BCUT2D eigenvalue weighted by atomic mass is 35.5. The first-order valence-corrected chi connectivity index (χ1v) is 5.05. The molecule has 0 saturated heterocycles. The molecule has 0 aromatic carbocycles. The van der Waals surface area contributed by atoms with E-state index in [1.807, 2.05) is 0 Å². The van der Waals surface area contributed by atoms with Crippen molar-refractivity contribution in [1.82, 2.24) is 16.0 Å². The van der Waals surface area contributed by atoms with Crippen LogP contribution in [-0.4, -0.2) is 43.7 Å². The molecule has 0 aromatic heterocycles. The van der Waals surface area contributed by atoms with E-state index >= 15 is 0 Å². The van der Waals surface area contributed by atoms with Crippen LogP contribution in [0.25, 0.3) is 0 Å². The lowest BCUT2D eigenvalue weighted by molar-refractivity contribution is -0.139. The van der Waals surface area contributed by atoms with Crippen molar-refractivity contribution < 1.29 is 14.4 Å². The lowest BCUT2D eigenvalue weighted by atomic mass is 10.4. The average Bonchev–Trinajstić information content (AvgIpc) is 2.25. The number of hydrogen-bond acceptors (Lipinski definition) is 3. The van der Waals surface area contributed by atoms with Gasteiger partial charge in [0.2, 0.25) is 6.41 Å². The molecule has 0 aliphatic carbocycles. The molecule has 6 nitrogen and oxygen atoms in total. The summed E-state index contributed by atoms with van der Waals surface area (Å²) < 4.78 is 0. The van der Waals surface area contributed by atoms with Crippen LogP contribution in [-0.2, 0) is 14.4 Å². The van der Waals surface area contributed by atoms with Gasteiger partial charge in [0.1, 0.15) is 0 Å². The van der Waals surface area contributed by atoms with Crippen LogP contribution in [0.5, 0.6) is 0 Å². The van der Waals surface area contributed by atoms with Crippen LogP contribution in [0.15, 0.2) is 0 Å². The number of carbonyl (C=O) groups excluding carboxylic acids is 3. The summed E-state index contributed by atoms with van der Waals surface area (Å²) in [7, 11) is 0. The van der Waals surface area contributed by atoms with Crippen molar-refractivity contribution >= 4 is 29.8 Å². The van der Waals surface area contributed by atoms with E-state index in [1.54, 1.807) is 0 Å². The molecule has 0 unspecified atom stereocenters. The van der Waals surface area contributed by atoms with E-state index in [2.05, 4.69) is 16.0 Å². The van der Waals surface area contributed by atoms with Gasteiger partial charge in [0.15, 0.2) is 0 Å². The summed E-state index contributed by atoms with van der Waals surface area (Å²) in [6.07, 6.45) is 1.16. The number of nitrogens with one attached hydrogen (secondary N) is 3. The monoisotopic (exact) mass is 235 g/mol. The van der Waals surface area contributed by atoms with Crippen LogP contribution in [0.3, 0.4) is 0 Å². The maximum atomic E-state index is 11.0. The number of rotatable bonds is 7. The first-order valence-electron chi connectivity index (χ1n) is 4.51. The van der Waals surface area contributed by atoms with Crippen molar-refractivity contribution in [3.63, 3.8) is 0 Å². The largest absolute Gasteiger partial charge is 0.359 e. The summed E-state index contributed by atoms with van der Waals surface area (Å²) in [5.74, 6) is -1.12. The fraction of sp³-hybridized carbons (Fsp3) is 0.625. The number of carbonyl (C=O) groups is 3. The van der Waals surface area contributed by atoms with Crippen molar-refractivity contribution in [2.24, 2.45) is 0 Å². The molecule has 0 heterocycles. The zero-order valence-electron chi connectivity index (χ0n) is 8.22. The van der Waals surface area contributed by atoms with E-state index in [1.165, 1.54) is 0 Å². The highest BCUT2D eigenvalue weighted by Gasteiger charge is 2.10. The van der Waals surface area contributed by atoms with E-state index < -0.39 is 11.8 Å². The molecule has 0 rings (SSSR count). The van der Waals surface area contributed by atoms with Crippen LogP contribution in [0.2, 0.25) is 0 Å². The Labute approximate surface area is 92.7 Å². The van der Waals surface area contributed by atoms with Gasteiger partial charge < -0.3 is 16.0 Å². The van der Waals surface area contributed by atoms with Gasteiger partial charge in [-0.15, -0.1) is 11.6 Å². The summed E-state index contributed by atoms with van der Waals surface area (Å²) in [5.41, 5.74) is 0. The van der Waals surface area contributed by atoms with Gasteiger partial charge in [0, 0.05) is 25.5 Å². The highest BCUT2D eigenvalue weighted by molar-refractivity contribution is 6.35. The minimum absolute atomic E-state index is 0.264. The topological polar surface area (TPSA) is 87.3 Å². The van der Waals surface area contributed by atoms with E-state index in [0.717, 1.165) is 0 Å². The molecule has 86 valence electrons. The van der Waals surface area contributed by atoms with Gasteiger partial charge >= 0.3 is 11.8 Å². The second-order valence-corrected chi connectivity index (χ2v) is 3.00. The van der Waals surface area contributed by atoms with Crippen molar-refractivity contribution in [2.75, 3.05) is 25.5 Å². The van der Waals surface area contributed by atoms with E-state index in [0.29, 0.717) is 25.9 Å². The molecule has 0 spiro atoms. The zero-order chi connectivity index (χ0) is 11.5. The molecule has 0 aliphatic rings. The molecule has 0 saturated carbocycles. The Hall–Kier alpha value is -1.30. The predicted molar refractivity (Wildman–Crippen MR) is 55.4 cm³/mol.